The number of piperidine rings is 1. The number of likely N-dealkylation sites (tertiary alicyclic amines) is 1. The van der Waals surface area contributed by atoms with Crippen LogP contribution in [0.2, 0.25) is 0 Å². The van der Waals surface area contributed by atoms with Gasteiger partial charge in [-0.25, -0.2) is 0 Å². The van der Waals surface area contributed by atoms with E-state index in [0.717, 1.165) is 38.8 Å². The first-order valence-electron chi connectivity index (χ1n) is 7.27. The normalized spacial score (nSPS) is 24.8. The Morgan fingerprint density at radius 3 is 2.79 bits per heavy atom. The lowest BCUT2D eigenvalue weighted by molar-refractivity contribution is -0.136. The molecule has 1 rings (SSSR count). The van der Waals surface area contributed by atoms with Gasteiger partial charge in [0.05, 0.1) is 12.0 Å². The van der Waals surface area contributed by atoms with Crippen molar-refractivity contribution < 1.29 is 9.90 Å². The molecule has 1 amide bonds. The average molecular weight is 268 g/mol. The molecule has 1 unspecified atom stereocenters. The van der Waals surface area contributed by atoms with Gasteiger partial charge in [-0.1, -0.05) is 19.1 Å². The van der Waals surface area contributed by atoms with Crippen molar-refractivity contribution in [3.63, 3.8) is 0 Å². The topological polar surface area (TPSA) is 43.8 Å². The minimum absolute atomic E-state index is 0.00947. The minimum Gasteiger partial charge on any atom is -0.388 e. The second-order valence-electron chi connectivity index (χ2n) is 5.74. The second kappa shape index (κ2) is 7.65. The Kier molecular flexibility index (Phi) is 6.52. The van der Waals surface area contributed by atoms with Crippen LogP contribution in [0, 0.1) is 0 Å². The zero-order valence-corrected chi connectivity index (χ0v) is 12.6. The summed E-state index contributed by atoms with van der Waals surface area (Å²) in [5.74, 6) is 0.00947. The van der Waals surface area contributed by atoms with Crippen molar-refractivity contribution in [3.8, 4) is 0 Å². The van der Waals surface area contributed by atoms with Gasteiger partial charge in [-0.15, -0.1) is 0 Å². The third-order valence-corrected chi connectivity index (χ3v) is 3.63. The fourth-order valence-corrected chi connectivity index (χ4v) is 2.52. The van der Waals surface area contributed by atoms with Gasteiger partial charge in [0.2, 0.25) is 5.91 Å². The number of aliphatic hydroxyl groups is 1. The summed E-state index contributed by atoms with van der Waals surface area (Å²) in [7, 11) is 3.48. The molecule has 0 aromatic rings. The van der Waals surface area contributed by atoms with Crippen LogP contribution in [0.3, 0.4) is 0 Å². The first-order valence-corrected chi connectivity index (χ1v) is 7.27. The van der Waals surface area contributed by atoms with E-state index in [0.29, 0.717) is 6.54 Å². The Balaban J connectivity index is 2.43. The molecule has 1 N–H and O–H groups in total. The smallest absolute Gasteiger partial charge is 0.224 e. The van der Waals surface area contributed by atoms with Crippen molar-refractivity contribution in [3.05, 3.63) is 12.2 Å². The summed E-state index contributed by atoms with van der Waals surface area (Å²) in [6, 6.07) is 0. The molecule has 1 saturated heterocycles. The second-order valence-corrected chi connectivity index (χ2v) is 5.74. The zero-order chi connectivity index (χ0) is 14.3. The zero-order valence-electron chi connectivity index (χ0n) is 12.6. The molecule has 1 aliphatic rings. The van der Waals surface area contributed by atoms with Gasteiger partial charge in [0.1, 0.15) is 0 Å². The van der Waals surface area contributed by atoms with Crippen molar-refractivity contribution in [2.75, 3.05) is 33.7 Å². The number of nitrogens with zero attached hydrogens (tertiary/aromatic N) is 2. The van der Waals surface area contributed by atoms with E-state index in [-0.39, 0.29) is 12.3 Å². The SMILES string of the molecule is CC/C=C/CCN1CCCC(O)(CC(=O)N(C)C)C1. The highest BCUT2D eigenvalue weighted by atomic mass is 16.3. The van der Waals surface area contributed by atoms with Gasteiger partial charge >= 0.3 is 0 Å². The molecule has 4 heteroatoms. The van der Waals surface area contributed by atoms with Crippen LogP contribution in [0.4, 0.5) is 0 Å². The lowest BCUT2D eigenvalue weighted by Crippen LogP contribution is -2.50. The van der Waals surface area contributed by atoms with E-state index in [2.05, 4.69) is 24.0 Å². The number of allylic oxidation sites excluding steroid dienone is 1. The van der Waals surface area contributed by atoms with Gasteiger partial charge in [0, 0.05) is 27.2 Å². The number of amides is 1. The van der Waals surface area contributed by atoms with E-state index in [1.807, 2.05) is 0 Å². The van der Waals surface area contributed by atoms with Gasteiger partial charge in [0.25, 0.3) is 0 Å². The van der Waals surface area contributed by atoms with E-state index in [4.69, 9.17) is 0 Å². The summed E-state index contributed by atoms with van der Waals surface area (Å²) in [5.41, 5.74) is -0.839. The highest BCUT2D eigenvalue weighted by Crippen LogP contribution is 2.25. The number of rotatable bonds is 6. The van der Waals surface area contributed by atoms with E-state index < -0.39 is 5.60 Å². The lowest BCUT2D eigenvalue weighted by Gasteiger charge is -2.39. The van der Waals surface area contributed by atoms with Crippen molar-refractivity contribution >= 4 is 5.91 Å². The molecule has 0 bridgehead atoms. The summed E-state index contributed by atoms with van der Waals surface area (Å²) in [5, 5.41) is 10.6. The maximum atomic E-state index is 11.8. The van der Waals surface area contributed by atoms with E-state index >= 15 is 0 Å². The third kappa shape index (κ3) is 5.74. The van der Waals surface area contributed by atoms with E-state index in [1.165, 1.54) is 0 Å². The predicted molar refractivity (Wildman–Crippen MR) is 78.0 cm³/mol. The molecule has 110 valence electrons. The molecule has 0 aliphatic carbocycles. The van der Waals surface area contributed by atoms with Crippen molar-refractivity contribution in [2.45, 2.75) is 44.6 Å². The average Bonchev–Trinajstić information content (AvgIpc) is 2.34. The maximum Gasteiger partial charge on any atom is 0.224 e. The molecule has 0 aromatic carbocycles. The first-order chi connectivity index (χ1) is 8.97. The van der Waals surface area contributed by atoms with Crippen LogP contribution < -0.4 is 0 Å². The molecule has 0 saturated carbocycles. The molecule has 4 nitrogen and oxygen atoms in total. The van der Waals surface area contributed by atoms with E-state index in [9.17, 15) is 9.90 Å². The van der Waals surface area contributed by atoms with Crippen molar-refractivity contribution in [2.24, 2.45) is 0 Å². The molecular formula is C15H28N2O2. The standard InChI is InChI=1S/C15H28N2O2/c1-4-5-6-7-10-17-11-8-9-15(19,13-17)12-14(18)16(2)3/h5-6,19H,4,7-13H2,1-3H3/b6-5+. The Labute approximate surface area is 117 Å². The number of carbonyl (C=O) groups excluding carboxylic acids is 1. The number of β-amino-alcohol motifs (C(OH)–C–C–N with tert-alkyl or cyclic N) is 1. The van der Waals surface area contributed by atoms with Crippen LogP contribution in [0.25, 0.3) is 0 Å². The Morgan fingerprint density at radius 1 is 1.42 bits per heavy atom. The first kappa shape index (κ1) is 16.2. The van der Waals surface area contributed by atoms with Gasteiger partial charge in [-0.3, -0.25) is 4.79 Å². The minimum atomic E-state index is -0.839. The summed E-state index contributed by atoms with van der Waals surface area (Å²) < 4.78 is 0. The van der Waals surface area contributed by atoms with Crippen LogP contribution in [-0.2, 0) is 4.79 Å². The van der Waals surface area contributed by atoms with Gasteiger partial charge in [-0.05, 0) is 32.2 Å². The third-order valence-electron chi connectivity index (χ3n) is 3.63. The van der Waals surface area contributed by atoms with Gasteiger partial charge < -0.3 is 14.9 Å². The monoisotopic (exact) mass is 268 g/mol. The van der Waals surface area contributed by atoms with Gasteiger partial charge in [0.15, 0.2) is 0 Å². The van der Waals surface area contributed by atoms with Crippen LogP contribution in [-0.4, -0.2) is 60.1 Å². The number of hydrogen-bond acceptors (Lipinski definition) is 3. The summed E-state index contributed by atoms with van der Waals surface area (Å²) in [6.07, 6.45) is 8.39. The summed E-state index contributed by atoms with van der Waals surface area (Å²) >= 11 is 0. The number of hydrogen-bond donors (Lipinski definition) is 1. The Morgan fingerprint density at radius 2 is 2.16 bits per heavy atom. The van der Waals surface area contributed by atoms with Crippen LogP contribution in [0.1, 0.15) is 39.0 Å². The summed E-state index contributed by atoms with van der Waals surface area (Å²) in [6.45, 7) is 4.74. The molecule has 1 aliphatic heterocycles. The van der Waals surface area contributed by atoms with Crippen LogP contribution in [0.5, 0.6) is 0 Å². The predicted octanol–water partition coefficient (Wildman–Crippen LogP) is 1.65. The highest BCUT2D eigenvalue weighted by Gasteiger charge is 2.35. The summed E-state index contributed by atoms with van der Waals surface area (Å²) in [4.78, 5) is 15.6. The van der Waals surface area contributed by atoms with E-state index in [1.54, 1.807) is 19.0 Å². The van der Waals surface area contributed by atoms with Crippen LogP contribution in [0.15, 0.2) is 12.2 Å². The van der Waals surface area contributed by atoms with Crippen molar-refractivity contribution in [1.29, 1.82) is 0 Å². The molecule has 1 heterocycles. The molecule has 1 fully saturated rings. The number of carbonyl (C=O) groups is 1. The highest BCUT2D eigenvalue weighted by molar-refractivity contribution is 5.76. The molecular weight excluding hydrogens is 240 g/mol. The van der Waals surface area contributed by atoms with Crippen molar-refractivity contribution in [1.82, 2.24) is 9.80 Å². The Hall–Kier alpha value is -0.870. The lowest BCUT2D eigenvalue weighted by atomic mass is 9.89. The van der Waals surface area contributed by atoms with Gasteiger partial charge in [-0.2, -0.15) is 0 Å². The molecule has 19 heavy (non-hydrogen) atoms. The molecule has 0 spiro atoms. The molecule has 0 radical (unpaired) electrons. The fraction of sp³-hybridized carbons (Fsp3) is 0.800. The van der Waals surface area contributed by atoms with Crippen LogP contribution >= 0.6 is 0 Å². The molecule has 1 atom stereocenters. The maximum absolute atomic E-state index is 11.8. The quantitative estimate of drug-likeness (QED) is 0.745. The largest absolute Gasteiger partial charge is 0.388 e. The Bertz CT molecular complexity index is 315. The molecule has 0 aromatic heterocycles. The fourth-order valence-electron chi connectivity index (χ4n) is 2.52.